The van der Waals surface area contributed by atoms with Crippen molar-refractivity contribution in [3.63, 3.8) is 0 Å². The second-order valence-electron chi connectivity index (χ2n) is 5.03. The van der Waals surface area contributed by atoms with Gasteiger partial charge in [0.15, 0.2) is 12.3 Å². The molecule has 8 nitrogen and oxygen atoms in total. The molecule has 2 rings (SSSR count). The predicted octanol–water partition coefficient (Wildman–Crippen LogP) is -0.202. The molecule has 8 heteroatoms. The largest absolute Gasteiger partial charge is 0.468 e. The van der Waals surface area contributed by atoms with E-state index in [2.05, 4.69) is 10.4 Å². The summed E-state index contributed by atoms with van der Waals surface area (Å²) >= 11 is 0. The summed E-state index contributed by atoms with van der Waals surface area (Å²) in [6.07, 6.45) is 0.857. The number of amides is 2. The molecule has 1 aromatic rings. The van der Waals surface area contributed by atoms with Gasteiger partial charge in [0.05, 0.1) is 13.2 Å². The highest BCUT2D eigenvalue weighted by molar-refractivity contribution is 5.92. The number of ether oxygens (including phenoxy) is 2. The van der Waals surface area contributed by atoms with Crippen molar-refractivity contribution in [1.29, 1.82) is 0 Å². The van der Waals surface area contributed by atoms with Gasteiger partial charge < -0.3 is 19.7 Å². The number of aromatic nitrogens is 2. The van der Waals surface area contributed by atoms with Gasteiger partial charge in [-0.05, 0) is 6.42 Å². The van der Waals surface area contributed by atoms with Crippen LogP contribution in [0.5, 0.6) is 5.88 Å². The molecular weight excluding hydrogens is 288 g/mol. The first-order valence-corrected chi connectivity index (χ1v) is 7.42. The zero-order valence-corrected chi connectivity index (χ0v) is 13.0. The van der Waals surface area contributed by atoms with Crippen LogP contribution >= 0.6 is 0 Å². The molecule has 1 aliphatic heterocycles. The fourth-order valence-electron chi connectivity index (χ4n) is 2.06. The lowest BCUT2D eigenvalue weighted by molar-refractivity contribution is -0.137. The summed E-state index contributed by atoms with van der Waals surface area (Å²) in [5.41, 5.74) is 0.282. The standard InChI is InChI=1S/C14H22N4O4/c1-3-4-15-14(20)11-9-13(17(2)16-11)22-10-12(19)18-5-7-21-8-6-18/h9H,3-8,10H2,1-2H3,(H,15,20). The van der Waals surface area contributed by atoms with Crippen molar-refractivity contribution in [2.24, 2.45) is 7.05 Å². The van der Waals surface area contributed by atoms with Crippen LogP contribution in [0, 0.1) is 0 Å². The van der Waals surface area contributed by atoms with E-state index in [-0.39, 0.29) is 24.1 Å². The number of carbonyl (C=O) groups is 2. The van der Waals surface area contributed by atoms with Crippen molar-refractivity contribution in [3.8, 4) is 5.88 Å². The lowest BCUT2D eigenvalue weighted by Gasteiger charge is -2.26. The second-order valence-corrected chi connectivity index (χ2v) is 5.03. The van der Waals surface area contributed by atoms with Gasteiger partial charge in [-0.2, -0.15) is 5.10 Å². The lowest BCUT2D eigenvalue weighted by atomic mass is 10.4. The summed E-state index contributed by atoms with van der Waals surface area (Å²) < 4.78 is 12.1. The quantitative estimate of drug-likeness (QED) is 0.786. The third-order valence-corrected chi connectivity index (χ3v) is 3.31. The fraction of sp³-hybridized carbons (Fsp3) is 0.643. The van der Waals surface area contributed by atoms with E-state index < -0.39 is 0 Å². The number of hydrogen-bond donors (Lipinski definition) is 1. The highest BCUT2D eigenvalue weighted by atomic mass is 16.5. The smallest absolute Gasteiger partial charge is 0.271 e. The first kappa shape index (κ1) is 16.3. The van der Waals surface area contributed by atoms with E-state index in [0.29, 0.717) is 38.7 Å². The topological polar surface area (TPSA) is 85.7 Å². The molecule has 1 aromatic heterocycles. The van der Waals surface area contributed by atoms with Crippen molar-refractivity contribution in [1.82, 2.24) is 20.0 Å². The van der Waals surface area contributed by atoms with Crippen molar-refractivity contribution < 1.29 is 19.1 Å². The van der Waals surface area contributed by atoms with Crippen LogP contribution in [0.4, 0.5) is 0 Å². The molecule has 0 unspecified atom stereocenters. The molecule has 0 bridgehead atoms. The molecule has 1 saturated heterocycles. The summed E-state index contributed by atoms with van der Waals surface area (Å²) in [7, 11) is 1.67. The zero-order chi connectivity index (χ0) is 15.9. The Morgan fingerprint density at radius 1 is 1.41 bits per heavy atom. The Labute approximate surface area is 129 Å². The number of carbonyl (C=O) groups excluding carboxylic acids is 2. The van der Waals surface area contributed by atoms with Crippen molar-refractivity contribution in [2.45, 2.75) is 13.3 Å². The summed E-state index contributed by atoms with van der Waals surface area (Å²) in [5.74, 6) is 0.0524. The number of aryl methyl sites for hydroxylation is 1. The molecule has 2 heterocycles. The normalized spacial score (nSPS) is 14.7. The Hall–Kier alpha value is -2.09. The van der Waals surface area contributed by atoms with Gasteiger partial charge in [0.1, 0.15) is 0 Å². The first-order chi connectivity index (χ1) is 10.6. The minimum absolute atomic E-state index is 0.0739. The van der Waals surface area contributed by atoms with Gasteiger partial charge in [0.25, 0.3) is 11.8 Å². The number of nitrogens with one attached hydrogen (secondary N) is 1. The first-order valence-electron chi connectivity index (χ1n) is 7.42. The monoisotopic (exact) mass is 310 g/mol. The summed E-state index contributed by atoms with van der Waals surface area (Å²) in [4.78, 5) is 25.5. The highest BCUT2D eigenvalue weighted by Gasteiger charge is 2.19. The molecule has 22 heavy (non-hydrogen) atoms. The Morgan fingerprint density at radius 2 is 2.14 bits per heavy atom. The van der Waals surface area contributed by atoms with Gasteiger partial charge in [-0.15, -0.1) is 0 Å². The average molecular weight is 310 g/mol. The van der Waals surface area contributed by atoms with Crippen LogP contribution < -0.4 is 10.1 Å². The van der Waals surface area contributed by atoms with Gasteiger partial charge in [-0.1, -0.05) is 6.92 Å². The molecule has 1 N–H and O–H groups in total. The van der Waals surface area contributed by atoms with Crippen LogP contribution in [0.15, 0.2) is 6.07 Å². The molecule has 2 amide bonds. The summed E-state index contributed by atoms with van der Waals surface area (Å²) in [6.45, 7) is 4.77. The van der Waals surface area contributed by atoms with E-state index in [4.69, 9.17) is 9.47 Å². The number of morpholine rings is 1. The van der Waals surface area contributed by atoms with Crippen LogP contribution in [0.25, 0.3) is 0 Å². The number of nitrogens with zero attached hydrogens (tertiary/aromatic N) is 3. The highest BCUT2D eigenvalue weighted by Crippen LogP contribution is 2.12. The molecule has 0 aliphatic carbocycles. The van der Waals surface area contributed by atoms with Gasteiger partial charge >= 0.3 is 0 Å². The summed E-state index contributed by atoms with van der Waals surface area (Å²) in [6, 6.07) is 1.54. The van der Waals surface area contributed by atoms with Crippen molar-refractivity contribution in [3.05, 3.63) is 11.8 Å². The van der Waals surface area contributed by atoms with Gasteiger partial charge in [0.2, 0.25) is 5.88 Å². The molecule has 1 fully saturated rings. The Bertz CT molecular complexity index is 523. The fourth-order valence-corrected chi connectivity index (χ4v) is 2.06. The van der Waals surface area contributed by atoms with Crippen molar-refractivity contribution in [2.75, 3.05) is 39.5 Å². The van der Waals surface area contributed by atoms with Crippen LogP contribution in [0.2, 0.25) is 0 Å². The second kappa shape index (κ2) is 7.79. The molecule has 1 aliphatic rings. The predicted molar refractivity (Wildman–Crippen MR) is 78.7 cm³/mol. The molecule has 0 radical (unpaired) electrons. The van der Waals surface area contributed by atoms with E-state index in [0.717, 1.165) is 6.42 Å². The maximum Gasteiger partial charge on any atom is 0.271 e. The third kappa shape index (κ3) is 4.20. The van der Waals surface area contributed by atoms with Crippen LogP contribution in [-0.4, -0.2) is 65.9 Å². The molecule has 122 valence electrons. The zero-order valence-electron chi connectivity index (χ0n) is 13.0. The minimum Gasteiger partial charge on any atom is -0.468 e. The van der Waals surface area contributed by atoms with Crippen LogP contribution in [0.1, 0.15) is 23.8 Å². The van der Waals surface area contributed by atoms with Crippen LogP contribution in [-0.2, 0) is 16.6 Å². The Morgan fingerprint density at radius 3 is 2.82 bits per heavy atom. The van der Waals surface area contributed by atoms with E-state index in [9.17, 15) is 9.59 Å². The lowest BCUT2D eigenvalue weighted by Crippen LogP contribution is -2.43. The van der Waals surface area contributed by atoms with E-state index in [1.54, 1.807) is 11.9 Å². The van der Waals surface area contributed by atoms with E-state index >= 15 is 0 Å². The van der Waals surface area contributed by atoms with Gasteiger partial charge in [-0.25, -0.2) is 4.68 Å². The maximum absolute atomic E-state index is 12.0. The summed E-state index contributed by atoms with van der Waals surface area (Å²) in [5, 5.41) is 6.84. The SMILES string of the molecule is CCCNC(=O)c1cc(OCC(=O)N2CCOCC2)n(C)n1. The molecule has 0 atom stereocenters. The van der Waals surface area contributed by atoms with Crippen molar-refractivity contribution >= 4 is 11.8 Å². The maximum atomic E-state index is 12.0. The van der Waals surface area contributed by atoms with Crippen LogP contribution in [0.3, 0.4) is 0 Å². The van der Waals surface area contributed by atoms with Gasteiger partial charge in [0, 0.05) is 32.7 Å². The average Bonchev–Trinajstić information content (AvgIpc) is 2.92. The molecule has 0 aromatic carbocycles. The third-order valence-electron chi connectivity index (χ3n) is 3.31. The molecular formula is C14H22N4O4. The van der Waals surface area contributed by atoms with Gasteiger partial charge in [-0.3, -0.25) is 9.59 Å². The molecule has 0 saturated carbocycles. The van der Waals surface area contributed by atoms with E-state index in [1.165, 1.54) is 10.7 Å². The molecule has 0 spiro atoms. The minimum atomic E-state index is -0.244. The number of rotatable bonds is 6. The number of hydrogen-bond acceptors (Lipinski definition) is 5. The Balaban J connectivity index is 1.88. The Kier molecular flexibility index (Phi) is 5.76. The van der Waals surface area contributed by atoms with E-state index in [1.807, 2.05) is 6.92 Å².